The van der Waals surface area contributed by atoms with Crippen molar-refractivity contribution in [3.8, 4) is 6.07 Å². The van der Waals surface area contributed by atoms with Crippen LogP contribution in [0.5, 0.6) is 0 Å². The van der Waals surface area contributed by atoms with Gasteiger partial charge in [0.25, 0.3) is 0 Å². The summed E-state index contributed by atoms with van der Waals surface area (Å²) in [6, 6.07) is 1.93. The molecule has 0 radical (unpaired) electrons. The number of allylic oxidation sites excluding steroid dienone is 3. The molecule has 0 aliphatic carbocycles. The molecular weight excluding hydrogens is 322 g/mol. The lowest BCUT2D eigenvalue weighted by atomic mass is 10.1. The van der Waals surface area contributed by atoms with Crippen LogP contribution in [0.25, 0.3) is 0 Å². The Labute approximate surface area is 161 Å². The predicted octanol–water partition coefficient (Wildman–Crippen LogP) is 7.04. The average Bonchev–Trinajstić information content (AvgIpc) is 2.63. The van der Waals surface area contributed by atoms with Gasteiger partial charge in [-0.1, -0.05) is 70.4 Å². The maximum absolute atomic E-state index is 11.5. The van der Waals surface area contributed by atoms with E-state index in [1.165, 1.54) is 76.7 Å². The molecule has 0 unspecified atom stereocenters. The molecule has 0 aromatic rings. The minimum absolute atomic E-state index is 0.155. The molecule has 0 rings (SSSR count). The van der Waals surface area contributed by atoms with Crippen LogP contribution in [0.15, 0.2) is 23.8 Å². The lowest BCUT2D eigenvalue weighted by Crippen LogP contribution is -2.06. The normalized spacial score (nSPS) is 11.7. The van der Waals surface area contributed by atoms with Gasteiger partial charge in [0.1, 0.15) is 6.61 Å². The number of rotatable bonds is 17. The molecule has 3 nitrogen and oxygen atoms in total. The van der Waals surface area contributed by atoms with Crippen LogP contribution in [0.3, 0.4) is 0 Å². The third kappa shape index (κ3) is 18.8. The number of ether oxygens (including phenoxy) is 1. The maximum atomic E-state index is 11.5. The minimum atomic E-state index is -0.155. The van der Waals surface area contributed by atoms with E-state index in [4.69, 9.17) is 10.00 Å². The molecule has 0 aliphatic rings. The Balaban J connectivity index is 3.29. The van der Waals surface area contributed by atoms with Crippen molar-refractivity contribution in [2.45, 2.75) is 104 Å². The molecule has 0 heterocycles. The molecule has 148 valence electrons. The zero-order valence-corrected chi connectivity index (χ0v) is 17.1. The molecule has 0 saturated heterocycles. The summed E-state index contributed by atoms with van der Waals surface area (Å²) < 4.78 is 5.11. The van der Waals surface area contributed by atoms with Gasteiger partial charge in [-0.3, -0.25) is 4.79 Å². The Hall–Kier alpha value is -1.56. The summed E-state index contributed by atoms with van der Waals surface area (Å²) in [6.07, 6.45) is 22.8. The van der Waals surface area contributed by atoms with Gasteiger partial charge in [0.05, 0.1) is 6.07 Å². The van der Waals surface area contributed by atoms with Gasteiger partial charge in [0.15, 0.2) is 0 Å². The second-order valence-electron chi connectivity index (χ2n) is 7.11. The van der Waals surface area contributed by atoms with Crippen LogP contribution in [0, 0.1) is 11.3 Å². The molecule has 0 amide bonds. The monoisotopic (exact) mass is 361 g/mol. The highest BCUT2D eigenvalue weighted by atomic mass is 16.5. The number of hydrogen-bond donors (Lipinski definition) is 0. The van der Waals surface area contributed by atoms with E-state index in [-0.39, 0.29) is 12.6 Å². The summed E-state index contributed by atoms with van der Waals surface area (Å²) in [7, 11) is 0. The number of unbranched alkanes of at least 4 members (excludes halogenated alkanes) is 11. The molecule has 0 fully saturated rings. The molecule has 0 N–H and O–H groups in total. The van der Waals surface area contributed by atoms with Crippen molar-refractivity contribution in [3.05, 3.63) is 23.8 Å². The lowest BCUT2D eigenvalue weighted by Gasteiger charge is -2.04. The highest BCUT2D eigenvalue weighted by Gasteiger charge is 2.02. The van der Waals surface area contributed by atoms with Crippen LogP contribution in [0.2, 0.25) is 0 Å². The van der Waals surface area contributed by atoms with Gasteiger partial charge in [-0.2, -0.15) is 5.26 Å². The number of carbonyl (C=O) groups is 1. The first-order valence-corrected chi connectivity index (χ1v) is 10.6. The van der Waals surface area contributed by atoms with Crippen molar-refractivity contribution in [1.29, 1.82) is 5.26 Å². The van der Waals surface area contributed by atoms with Crippen molar-refractivity contribution < 1.29 is 9.53 Å². The van der Waals surface area contributed by atoms with E-state index in [1.807, 2.05) is 6.07 Å². The summed E-state index contributed by atoms with van der Waals surface area (Å²) in [6.45, 7) is 4.28. The van der Waals surface area contributed by atoms with E-state index < -0.39 is 0 Å². The highest BCUT2D eigenvalue weighted by molar-refractivity contribution is 5.69. The Bertz CT molecular complexity index is 432. The summed E-state index contributed by atoms with van der Waals surface area (Å²) in [5, 5.41) is 8.48. The van der Waals surface area contributed by atoms with E-state index in [0.29, 0.717) is 6.42 Å². The Kier molecular flexibility index (Phi) is 18.6. The summed E-state index contributed by atoms with van der Waals surface area (Å²) in [5.74, 6) is -0.155. The van der Waals surface area contributed by atoms with Crippen molar-refractivity contribution in [1.82, 2.24) is 0 Å². The second-order valence-corrected chi connectivity index (χ2v) is 7.11. The second kappa shape index (κ2) is 19.8. The largest absolute Gasteiger partial charge is 0.461 e. The van der Waals surface area contributed by atoms with E-state index in [2.05, 4.69) is 19.1 Å². The van der Waals surface area contributed by atoms with Gasteiger partial charge < -0.3 is 4.74 Å². The minimum Gasteiger partial charge on any atom is -0.461 e. The van der Waals surface area contributed by atoms with Crippen LogP contribution in [-0.4, -0.2) is 12.6 Å². The first-order valence-electron chi connectivity index (χ1n) is 10.6. The number of esters is 1. The standard InChI is InChI=1S/C23H39NO2/c1-3-4-5-6-7-8-9-10-11-12-13-14-15-16-17-18-23(25)26-21-22(2)19-20-24/h8-9,19H,3-7,10-18,21H2,1-2H3/b9-8-,22-19+. The molecule has 0 spiro atoms. The molecular formula is C23H39NO2. The third-order valence-corrected chi connectivity index (χ3v) is 4.41. The molecule has 26 heavy (non-hydrogen) atoms. The Morgan fingerprint density at radius 2 is 1.42 bits per heavy atom. The fourth-order valence-corrected chi connectivity index (χ4v) is 2.76. The third-order valence-electron chi connectivity index (χ3n) is 4.41. The van der Waals surface area contributed by atoms with Gasteiger partial charge in [0.2, 0.25) is 0 Å². The molecule has 0 bridgehead atoms. The highest BCUT2D eigenvalue weighted by Crippen LogP contribution is 2.11. The number of carbonyl (C=O) groups excluding carboxylic acids is 1. The van der Waals surface area contributed by atoms with Crippen LogP contribution in [-0.2, 0) is 9.53 Å². The molecule has 0 atom stereocenters. The van der Waals surface area contributed by atoms with Gasteiger partial charge in [-0.05, 0) is 44.6 Å². The molecule has 0 aliphatic heterocycles. The maximum Gasteiger partial charge on any atom is 0.306 e. The van der Waals surface area contributed by atoms with Crippen LogP contribution in [0.4, 0.5) is 0 Å². The topological polar surface area (TPSA) is 50.1 Å². The quantitative estimate of drug-likeness (QED) is 0.121. The molecule has 3 heteroatoms. The molecule has 0 aromatic heterocycles. The van der Waals surface area contributed by atoms with Gasteiger partial charge in [-0.25, -0.2) is 0 Å². The van der Waals surface area contributed by atoms with Crippen molar-refractivity contribution in [3.63, 3.8) is 0 Å². The van der Waals surface area contributed by atoms with Crippen LogP contribution in [0.1, 0.15) is 104 Å². The van der Waals surface area contributed by atoms with Crippen molar-refractivity contribution in [2.24, 2.45) is 0 Å². The number of nitriles is 1. The fraction of sp³-hybridized carbons (Fsp3) is 0.739. The van der Waals surface area contributed by atoms with Crippen LogP contribution >= 0.6 is 0 Å². The number of nitrogens with zero attached hydrogens (tertiary/aromatic N) is 1. The lowest BCUT2D eigenvalue weighted by molar-refractivity contribution is -0.142. The zero-order chi connectivity index (χ0) is 19.3. The summed E-state index contributed by atoms with van der Waals surface area (Å²) >= 11 is 0. The van der Waals surface area contributed by atoms with Gasteiger partial charge in [0, 0.05) is 12.5 Å². The smallest absolute Gasteiger partial charge is 0.306 e. The van der Waals surface area contributed by atoms with Crippen LogP contribution < -0.4 is 0 Å². The number of hydrogen-bond acceptors (Lipinski definition) is 3. The fourth-order valence-electron chi connectivity index (χ4n) is 2.76. The van der Waals surface area contributed by atoms with E-state index in [9.17, 15) is 4.79 Å². The molecule has 0 saturated carbocycles. The van der Waals surface area contributed by atoms with Gasteiger partial charge in [-0.15, -0.1) is 0 Å². The predicted molar refractivity (Wildman–Crippen MR) is 110 cm³/mol. The SMILES string of the molecule is CCCCCC/C=C\CCCCCCCCCC(=O)OC/C(C)=C/C#N. The van der Waals surface area contributed by atoms with Gasteiger partial charge >= 0.3 is 5.97 Å². The molecule has 0 aromatic carbocycles. The first kappa shape index (κ1) is 24.4. The summed E-state index contributed by atoms with van der Waals surface area (Å²) in [4.78, 5) is 11.5. The van der Waals surface area contributed by atoms with Crippen molar-refractivity contribution in [2.75, 3.05) is 6.61 Å². The zero-order valence-electron chi connectivity index (χ0n) is 17.1. The van der Waals surface area contributed by atoms with E-state index in [0.717, 1.165) is 18.4 Å². The van der Waals surface area contributed by atoms with E-state index in [1.54, 1.807) is 6.92 Å². The Morgan fingerprint density at radius 1 is 0.885 bits per heavy atom. The van der Waals surface area contributed by atoms with Crippen molar-refractivity contribution >= 4 is 5.97 Å². The first-order chi connectivity index (χ1) is 12.7. The average molecular weight is 362 g/mol. The Morgan fingerprint density at radius 3 is 2.00 bits per heavy atom. The summed E-state index contributed by atoms with van der Waals surface area (Å²) in [5.41, 5.74) is 0.784. The van der Waals surface area contributed by atoms with E-state index >= 15 is 0 Å².